The molecule has 0 saturated carbocycles. The lowest BCUT2D eigenvalue weighted by Crippen LogP contribution is -2.42. The van der Waals surface area contributed by atoms with Crippen molar-refractivity contribution in [2.75, 3.05) is 6.54 Å². The number of H-pyrrole nitrogens is 1. The molecule has 0 aliphatic rings. The molecule has 3 N–H and O–H groups in total. The lowest BCUT2D eigenvalue weighted by Gasteiger charge is -2.15. The van der Waals surface area contributed by atoms with Crippen LogP contribution in [-0.4, -0.2) is 39.4 Å². The molecular formula is C9H10F3N3O4. The quantitative estimate of drug-likeness (QED) is 0.629. The van der Waals surface area contributed by atoms with E-state index in [2.05, 4.69) is 0 Å². The third kappa shape index (κ3) is 4.58. The standard InChI is InChI=1S/C9H10F3N3O4/c10-9(11,12)5(16)3-13-7(18)4-15-2-1-6(17)14-8(15)19/h1-2,5,16H,3-4H2,(H,13,18)(H,14,17,19). The average molecular weight is 281 g/mol. The Balaban J connectivity index is 2.57. The van der Waals surface area contributed by atoms with Crippen LogP contribution in [0.15, 0.2) is 21.9 Å². The van der Waals surface area contributed by atoms with Crippen molar-refractivity contribution in [2.24, 2.45) is 0 Å². The second kappa shape index (κ2) is 5.69. The summed E-state index contributed by atoms with van der Waals surface area (Å²) in [4.78, 5) is 35.0. The molecule has 1 unspecified atom stereocenters. The summed E-state index contributed by atoms with van der Waals surface area (Å²) in [5.41, 5.74) is -1.52. The van der Waals surface area contributed by atoms with E-state index in [0.717, 1.165) is 16.8 Å². The van der Waals surface area contributed by atoms with E-state index in [1.54, 1.807) is 0 Å². The Morgan fingerprint density at radius 1 is 1.47 bits per heavy atom. The Hall–Kier alpha value is -2.10. The number of rotatable bonds is 4. The summed E-state index contributed by atoms with van der Waals surface area (Å²) in [5, 5.41) is 10.5. The molecule has 0 aliphatic carbocycles. The fraction of sp³-hybridized carbons (Fsp3) is 0.444. The van der Waals surface area contributed by atoms with E-state index in [1.807, 2.05) is 10.3 Å². The Labute approximate surface area is 103 Å². The van der Waals surface area contributed by atoms with Crippen molar-refractivity contribution < 1.29 is 23.1 Å². The Morgan fingerprint density at radius 3 is 2.63 bits per heavy atom. The van der Waals surface area contributed by atoms with Gasteiger partial charge >= 0.3 is 11.9 Å². The highest BCUT2D eigenvalue weighted by atomic mass is 19.4. The number of amides is 1. The molecule has 7 nitrogen and oxygen atoms in total. The first kappa shape index (κ1) is 15.0. The van der Waals surface area contributed by atoms with E-state index in [9.17, 15) is 27.6 Å². The third-order valence-electron chi connectivity index (χ3n) is 2.08. The van der Waals surface area contributed by atoms with Crippen LogP contribution in [0.25, 0.3) is 0 Å². The molecule has 0 fully saturated rings. The average Bonchev–Trinajstić information content (AvgIpc) is 2.28. The maximum Gasteiger partial charge on any atom is 0.416 e. The first-order chi connectivity index (χ1) is 8.70. The van der Waals surface area contributed by atoms with Gasteiger partial charge in [-0.15, -0.1) is 0 Å². The summed E-state index contributed by atoms with van der Waals surface area (Å²) >= 11 is 0. The summed E-state index contributed by atoms with van der Waals surface area (Å²) in [5.74, 6) is -0.905. The van der Waals surface area contributed by atoms with Crippen LogP contribution in [0, 0.1) is 0 Å². The zero-order valence-corrected chi connectivity index (χ0v) is 9.40. The molecule has 0 aromatic carbocycles. The summed E-state index contributed by atoms with van der Waals surface area (Å²) in [6, 6.07) is 0.985. The molecule has 0 saturated heterocycles. The van der Waals surface area contributed by atoms with Crippen molar-refractivity contribution in [3.63, 3.8) is 0 Å². The predicted octanol–water partition coefficient (Wildman–Crippen LogP) is -1.42. The van der Waals surface area contributed by atoms with Gasteiger partial charge in [-0.05, 0) is 0 Å². The molecule has 1 heterocycles. The van der Waals surface area contributed by atoms with Crippen LogP contribution in [0.4, 0.5) is 13.2 Å². The molecule has 0 spiro atoms. The van der Waals surface area contributed by atoms with Gasteiger partial charge in [0.25, 0.3) is 5.56 Å². The normalized spacial score (nSPS) is 13.1. The molecule has 0 bridgehead atoms. The van der Waals surface area contributed by atoms with Gasteiger partial charge in [-0.3, -0.25) is 19.1 Å². The second-order valence-electron chi connectivity index (χ2n) is 3.60. The van der Waals surface area contributed by atoms with Gasteiger partial charge in [0.2, 0.25) is 5.91 Å². The van der Waals surface area contributed by atoms with Gasteiger partial charge in [0.1, 0.15) is 6.54 Å². The molecule has 1 aromatic rings. The number of hydrogen-bond donors (Lipinski definition) is 3. The van der Waals surface area contributed by atoms with Crippen molar-refractivity contribution in [3.8, 4) is 0 Å². The monoisotopic (exact) mass is 281 g/mol. The lowest BCUT2D eigenvalue weighted by molar-refractivity contribution is -0.201. The van der Waals surface area contributed by atoms with Crippen LogP contribution in [0.3, 0.4) is 0 Å². The highest BCUT2D eigenvalue weighted by molar-refractivity contribution is 5.75. The highest BCUT2D eigenvalue weighted by Gasteiger charge is 2.38. The molecule has 19 heavy (non-hydrogen) atoms. The van der Waals surface area contributed by atoms with Gasteiger partial charge in [-0.25, -0.2) is 4.79 Å². The van der Waals surface area contributed by atoms with Crippen molar-refractivity contribution in [1.82, 2.24) is 14.9 Å². The fourth-order valence-electron chi connectivity index (χ4n) is 1.11. The first-order valence-corrected chi connectivity index (χ1v) is 5.01. The largest absolute Gasteiger partial charge is 0.416 e. The topological polar surface area (TPSA) is 104 Å². The van der Waals surface area contributed by atoms with E-state index in [0.29, 0.717) is 0 Å². The van der Waals surface area contributed by atoms with Crippen LogP contribution < -0.4 is 16.6 Å². The fourth-order valence-corrected chi connectivity index (χ4v) is 1.11. The van der Waals surface area contributed by atoms with E-state index in [4.69, 9.17) is 5.11 Å². The number of carbonyl (C=O) groups is 1. The number of aliphatic hydroxyl groups is 1. The van der Waals surface area contributed by atoms with Crippen molar-refractivity contribution in [2.45, 2.75) is 18.8 Å². The van der Waals surface area contributed by atoms with Crippen LogP contribution >= 0.6 is 0 Å². The molecule has 1 amide bonds. The number of aromatic nitrogens is 2. The van der Waals surface area contributed by atoms with Gasteiger partial charge < -0.3 is 10.4 Å². The zero-order chi connectivity index (χ0) is 14.6. The summed E-state index contributed by atoms with van der Waals surface area (Å²) in [6.45, 7) is -1.58. The Bertz CT molecular complexity index is 563. The Kier molecular flexibility index (Phi) is 4.48. The van der Waals surface area contributed by atoms with Crippen LogP contribution in [0.2, 0.25) is 0 Å². The predicted molar refractivity (Wildman–Crippen MR) is 56.4 cm³/mol. The van der Waals surface area contributed by atoms with Gasteiger partial charge in [0, 0.05) is 12.3 Å². The molecule has 1 aromatic heterocycles. The smallest absolute Gasteiger partial charge is 0.382 e. The van der Waals surface area contributed by atoms with Crippen LogP contribution in [0.1, 0.15) is 0 Å². The van der Waals surface area contributed by atoms with Crippen molar-refractivity contribution >= 4 is 5.91 Å². The van der Waals surface area contributed by atoms with Crippen molar-refractivity contribution in [1.29, 1.82) is 0 Å². The third-order valence-corrected chi connectivity index (χ3v) is 2.08. The summed E-state index contributed by atoms with van der Waals surface area (Å²) in [6.07, 6.45) is -6.48. The number of carbonyl (C=O) groups excluding carboxylic acids is 1. The number of hydrogen-bond acceptors (Lipinski definition) is 4. The van der Waals surface area contributed by atoms with Gasteiger partial charge in [-0.1, -0.05) is 0 Å². The molecular weight excluding hydrogens is 271 g/mol. The van der Waals surface area contributed by atoms with Gasteiger partial charge in [-0.2, -0.15) is 13.2 Å². The number of alkyl halides is 3. The minimum atomic E-state index is -4.83. The molecule has 0 radical (unpaired) electrons. The maximum atomic E-state index is 11.9. The molecule has 1 rings (SSSR count). The summed E-state index contributed by atoms with van der Waals surface area (Å²) < 4.78 is 36.6. The summed E-state index contributed by atoms with van der Waals surface area (Å²) in [7, 11) is 0. The van der Waals surface area contributed by atoms with E-state index >= 15 is 0 Å². The Morgan fingerprint density at radius 2 is 2.11 bits per heavy atom. The molecule has 10 heteroatoms. The number of nitrogens with zero attached hydrogens (tertiary/aromatic N) is 1. The lowest BCUT2D eigenvalue weighted by atomic mass is 10.3. The first-order valence-electron chi connectivity index (χ1n) is 5.01. The van der Waals surface area contributed by atoms with Gasteiger partial charge in [0.15, 0.2) is 6.10 Å². The minimum Gasteiger partial charge on any atom is -0.382 e. The number of nitrogens with one attached hydrogen (secondary N) is 2. The molecule has 1 atom stereocenters. The maximum absolute atomic E-state index is 11.9. The molecule has 0 aliphatic heterocycles. The second-order valence-corrected chi connectivity index (χ2v) is 3.60. The number of aromatic amines is 1. The van der Waals surface area contributed by atoms with Crippen LogP contribution in [-0.2, 0) is 11.3 Å². The van der Waals surface area contributed by atoms with E-state index < -0.39 is 42.5 Å². The minimum absolute atomic E-state index is 0.569. The van der Waals surface area contributed by atoms with Crippen LogP contribution in [0.5, 0.6) is 0 Å². The number of aliphatic hydroxyl groups excluding tert-OH is 1. The zero-order valence-electron chi connectivity index (χ0n) is 9.40. The van der Waals surface area contributed by atoms with Gasteiger partial charge in [0.05, 0.1) is 6.54 Å². The van der Waals surface area contributed by atoms with E-state index in [-0.39, 0.29) is 0 Å². The number of halogens is 3. The van der Waals surface area contributed by atoms with E-state index in [1.165, 1.54) is 0 Å². The van der Waals surface area contributed by atoms with Crippen molar-refractivity contribution in [3.05, 3.63) is 33.1 Å². The highest BCUT2D eigenvalue weighted by Crippen LogP contribution is 2.18. The molecule has 106 valence electrons. The SMILES string of the molecule is O=C(Cn1ccc(=O)[nH]c1=O)NCC(O)C(F)(F)F.